The molecule has 1 N–H and O–H groups in total. The molecule has 0 radical (unpaired) electrons. The van der Waals surface area contributed by atoms with Gasteiger partial charge in [0.2, 0.25) is 0 Å². The van der Waals surface area contributed by atoms with Gasteiger partial charge in [0.15, 0.2) is 0 Å². The molecule has 0 fully saturated rings. The van der Waals surface area contributed by atoms with Gasteiger partial charge in [-0.25, -0.2) is 0 Å². The van der Waals surface area contributed by atoms with Gasteiger partial charge in [-0.2, -0.15) is 0 Å². The summed E-state index contributed by atoms with van der Waals surface area (Å²) in [6, 6.07) is 8.44. The van der Waals surface area contributed by atoms with Gasteiger partial charge in [0, 0.05) is 6.42 Å². The highest BCUT2D eigenvalue weighted by Gasteiger charge is 2.08. The van der Waals surface area contributed by atoms with E-state index in [2.05, 4.69) is 38.1 Å². The van der Waals surface area contributed by atoms with Gasteiger partial charge in [0.05, 0.1) is 0 Å². The molecule has 0 aromatic heterocycles. The minimum atomic E-state index is -0.730. The van der Waals surface area contributed by atoms with Crippen LogP contribution in [0.4, 0.5) is 0 Å². The number of carboxylic acid groups (broad SMARTS) is 1. The van der Waals surface area contributed by atoms with Crippen LogP contribution >= 0.6 is 0 Å². The van der Waals surface area contributed by atoms with Crippen LogP contribution < -0.4 is 0 Å². The molecule has 2 heteroatoms. The summed E-state index contributed by atoms with van der Waals surface area (Å²) in [5.41, 5.74) is 2.50. The molecule has 1 atom stereocenters. The van der Waals surface area contributed by atoms with Crippen LogP contribution in [0.25, 0.3) is 0 Å². The first-order chi connectivity index (χ1) is 8.17. The number of carboxylic acids is 1. The smallest absolute Gasteiger partial charge is 0.303 e. The average Bonchev–Trinajstić information content (AvgIpc) is 2.34. The van der Waals surface area contributed by atoms with Gasteiger partial charge in [-0.15, -0.1) is 0 Å². The van der Waals surface area contributed by atoms with Gasteiger partial charge in [-0.1, -0.05) is 44.5 Å². The molecule has 17 heavy (non-hydrogen) atoms. The molecule has 2 nitrogen and oxygen atoms in total. The van der Waals surface area contributed by atoms with E-state index in [0.717, 1.165) is 5.56 Å². The number of rotatable bonds is 7. The van der Waals surface area contributed by atoms with E-state index in [1.54, 1.807) is 0 Å². The number of carbonyl (C=O) groups is 1. The molecular weight excluding hydrogens is 212 g/mol. The summed E-state index contributed by atoms with van der Waals surface area (Å²) >= 11 is 0. The van der Waals surface area contributed by atoms with Crippen molar-refractivity contribution in [2.24, 2.45) is 0 Å². The normalized spacial score (nSPS) is 12.4. The summed E-state index contributed by atoms with van der Waals surface area (Å²) in [6.07, 6.45) is 4.44. The third kappa shape index (κ3) is 4.59. The summed E-state index contributed by atoms with van der Waals surface area (Å²) in [5, 5.41) is 8.63. The Morgan fingerprint density at radius 3 is 2.35 bits per heavy atom. The van der Waals surface area contributed by atoms with Crippen LogP contribution in [0, 0.1) is 0 Å². The van der Waals surface area contributed by atoms with Crippen molar-refractivity contribution in [3.8, 4) is 0 Å². The summed E-state index contributed by atoms with van der Waals surface area (Å²) in [4.78, 5) is 10.5. The molecule has 1 rings (SSSR count). The quantitative estimate of drug-likeness (QED) is 0.774. The lowest BCUT2D eigenvalue weighted by Crippen LogP contribution is -1.99. The van der Waals surface area contributed by atoms with E-state index in [9.17, 15) is 4.79 Å². The highest BCUT2D eigenvalue weighted by Crippen LogP contribution is 2.24. The Bertz CT molecular complexity index is 340. The molecule has 1 unspecified atom stereocenters. The molecule has 0 heterocycles. The Kier molecular flexibility index (Phi) is 5.75. The van der Waals surface area contributed by atoms with Crippen molar-refractivity contribution < 1.29 is 9.90 Å². The maximum absolute atomic E-state index is 10.5. The number of hydrogen-bond acceptors (Lipinski definition) is 1. The first kappa shape index (κ1) is 13.8. The van der Waals surface area contributed by atoms with Crippen molar-refractivity contribution in [1.82, 2.24) is 0 Å². The third-order valence-corrected chi connectivity index (χ3v) is 3.21. The highest BCUT2D eigenvalue weighted by atomic mass is 16.4. The molecule has 94 valence electrons. The summed E-state index contributed by atoms with van der Waals surface area (Å²) in [6.45, 7) is 4.43. The third-order valence-electron chi connectivity index (χ3n) is 3.21. The second-order valence-corrected chi connectivity index (χ2v) is 4.53. The van der Waals surface area contributed by atoms with Crippen molar-refractivity contribution in [3.05, 3.63) is 35.4 Å². The van der Waals surface area contributed by atoms with Crippen LogP contribution in [0.3, 0.4) is 0 Å². The first-order valence-corrected chi connectivity index (χ1v) is 6.48. The lowest BCUT2D eigenvalue weighted by molar-refractivity contribution is -0.136. The molecule has 0 amide bonds. The fourth-order valence-electron chi connectivity index (χ4n) is 2.16. The maximum atomic E-state index is 10.5. The summed E-state index contributed by atoms with van der Waals surface area (Å²) in [5.74, 6) is -0.0833. The van der Waals surface area contributed by atoms with Crippen molar-refractivity contribution in [2.45, 2.75) is 51.9 Å². The average molecular weight is 234 g/mol. The van der Waals surface area contributed by atoms with E-state index in [-0.39, 0.29) is 6.42 Å². The predicted molar refractivity (Wildman–Crippen MR) is 70.3 cm³/mol. The van der Waals surface area contributed by atoms with Crippen LogP contribution in [0.5, 0.6) is 0 Å². The standard InChI is InChI=1S/C15H22O2/c1-3-5-13(4-2)14-9-6-12(7-10-14)8-11-15(16)17/h6-7,9-10,13H,3-5,8,11H2,1-2H3,(H,16,17). The zero-order valence-electron chi connectivity index (χ0n) is 10.8. The fourth-order valence-corrected chi connectivity index (χ4v) is 2.16. The minimum absolute atomic E-state index is 0.214. The number of aliphatic carboxylic acids is 1. The minimum Gasteiger partial charge on any atom is -0.481 e. The molecule has 0 saturated carbocycles. The van der Waals surface area contributed by atoms with E-state index in [4.69, 9.17) is 5.11 Å². The largest absolute Gasteiger partial charge is 0.481 e. The van der Waals surface area contributed by atoms with Gasteiger partial charge in [0.1, 0.15) is 0 Å². The first-order valence-electron chi connectivity index (χ1n) is 6.48. The van der Waals surface area contributed by atoms with E-state index in [1.807, 2.05) is 0 Å². The van der Waals surface area contributed by atoms with Gasteiger partial charge >= 0.3 is 5.97 Å². The molecular formula is C15H22O2. The molecule has 0 aliphatic heterocycles. The van der Waals surface area contributed by atoms with Gasteiger partial charge < -0.3 is 5.11 Å². The van der Waals surface area contributed by atoms with Gasteiger partial charge in [-0.3, -0.25) is 4.79 Å². The second kappa shape index (κ2) is 7.10. The molecule has 0 bridgehead atoms. The van der Waals surface area contributed by atoms with Crippen LogP contribution in [-0.2, 0) is 11.2 Å². The van der Waals surface area contributed by atoms with Gasteiger partial charge in [-0.05, 0) is 36.3 Å². The summed E-state index contributed by atoms with van der Waals surface area (Å²) in [7, 11) is 0. The highest BCUT2D eigenvalue weighted by molar-refractivity contribution is 5.67. The fraction of sp³-hybridized carbons (Fsp3) is 0.533. The Balaban J connectivity index is 2.62. The second-order valence-electron chi connectivity index (χ2n) is 4.53. The number of aryl methyl sites for hydroxylation is 1. The monoisotopic (exact) mass is 234 g/mol. The molecule has 1 aromatic rings. The molecule has 0 aliphatic rings. The lowest BCUT2D eigenvalue weighted by Gasteiger charge is -2.14. The molecule has 0 saturated heterocycles. The van der Waals surface area contributed by atoms with E-state index in [1.165, 1.54) is 24.8 Å². The van der Waals surface area contributed by atoms with E-state index >= 15 is 0 Å². The van der Waals surface area contributed by atoms with E-state index < -0.39 is 5.97 Å². The number of hydrogen-bond donors (Lipinski definition) is 1. The van der Waals surface area contributed by atoms with Crippen molar-refractivity contribution >= 4 is 5.97 Å². The maximum Gasteiger partial charge on any atom is 0.303 e. The van der Waals surface area contributed by atoms with Crippen molar-refractivity contribution in [3.63, 3.8) is 0 Å². The topological polar surface area (TPSA) is 37.3 Å². The number of benzene rings is 1. The predicted octanol–water partition coefficient (Wildman–Crippen LogP) is 4.00. The molecule has 0 aliphatic carbocycles. The van der Waals surface area contributed by atoms with Crippen LogP contribution in [0.15, 0.2) is 24.3 Å². The lowest BCUT2D eigenvalue weighted by atomic mass is 9.91. The summed E-state index contributed by atoms with van der Waals surface area (Å²) < 4.78 is 0. The Labute approximate surface area is 104 Å². The molecule has 1 aromatic carbocycles. The van der Waals surface area contributed by atoms with Crippen LogP contribution in [0.1, 0.15) is 56.6 Å². The Morgan fingerprint density at radius 1 is 1.24 bits per heavy atom. The van der Waals surface area contributed by atoms with Gasteiger partial charge in [0.25, 0.3) is 0 Å². The zero-order chi connectivity index (χ0) is 12.7. The molecule has 0 spiro atoms. The van der Waals surface area contributed by atoms with Crippen LogP contribution in [-0.4, -0.2) is 11.1 Å². The Morgan fingerprint density at radius 2 is 1.88 bits per heavy atom. The van der Waals surface area contributed by atoms with Crippen molar-refractivity contribution in [1.29, 1.82) is 0 Å². The zero-order valence-corrected chi connectivity index (χ0v) is 10.8. The van der Waals surface area contributed by atoms with Crippen LogP contribution in [0.2, 0.25) is 0 Å². The SMILES string of the molecule is CCCC(CC)c1ccc(CCC(=O)O)cc1. The van der Waals surface area contributed by atoms with Crippen molar-refractivity contribution in [2.75, 3.05) is 0 Å². The Hall–Kier alpha value is -1.31. The van der Waals surface area contributed by atoms with E-state index in [0.29, 0.717) is 12.3 Å².